The molecule has 1 aliphatic rings. The fourth-order valence-corrected chi connectivity index (χ4v) is 2.15. The van der Waals surface area contributed by atoms with Crippen LogP contribution < -0.4 is 5.32 Å². The summed E-state index contributed by atoms with van der Waals surface area (Å²) in [5, 5.41) is 11.2. The van der Waals surface area contributed by atoms with E-state index in [1.54, 1.807) is 6.33 Å². The minimum absolute atomic E-state index is 0.390. The van der Waals surface area contributed by atoms with E-state index in [9.17, 15) is 0 Å². The van der Waals surface area contributed by atoms with E-state index >= 15 is 0 Å². The largest absolute Gasteiger partial charge is 0.370 e. The first kappa shape index (κ1) is 11.5. The van der Waals surface area contributed by atoms with Crippen LogP contribution in [0, 0.1) is 0 Å². The molecule has 0 spiro atoms. The molecule has 0 aromatic carbocycles. The van der Waals surface area contributed by atoms with Crippen molar-refractivity contribution in [3.63, 3.8) is 0 Å². The lowest BCUT2D eigenvalue weighted by atomic mass is 9.93. The molecule has 0 saturated heterocycles. The second-order valence-electron chi connectivity index (χ2n) is 4.43. The Hall–Kier alpha value is -0.940. The van der Waals surface area contributed by atoms with Gasteiger partial charge in [-0.2, -0.15) is 0 Å². The topological polar surface area (TPSA) is 52.0 Å². The molecule has 1 aromatic rings. The van der Waals surface area contributed by atoms with Gasteiger partial charge in [0.05, 0.1) is 6.10 Å². The first-order valence-electron chi connectivity index (χ1n) is 5.91. The van der Waals surface area contributed by atoms with Gasteiger partial charge in [0, 0.05) is 13.1 Å². The maximum Gasteiger partial charge on any atom is 0.158 e. The van der Waals surface area contributed by atoms with Gasteiger partial charge in [-0.1, -0.05) is 0 Å². The summed E-state index contributed by atoms with van der Waals surface area (Å²) in [6.07, 6.45) is 6.80. The van der Waals surface area contributed by atoms with Gasteiger partial charge < -0.3 is 14.6 Å². The predicted octanol–water partition coefficient (Wildman–Crippen LogP) is 0.862. The molecular weight excluding hydrogens is 204 g/mol. The molecule has 0 radical (unpaired) electrons. The molecule has 0 aliphatic heterocycles. The minimum Gasteiger partial charge on any atom is -0.370 e. The molecule has 1 aliphatic carbocycles. The zero-order valence-electron chi connectivity index (χ0n) is 10.0. The van der Waals surface area contributed by atoms with E-state index < -0.39 is 0 Å². The van der Waals surface area contributed by atoms with E-state index in [1.807, 2.05) is 18.7 Å². The Labute approximate surface area is 96.2 Å². The molecule has 1 fully saturated rings. The second kappa shape index (κ2) is 5.41. The van der Waals surface area contributed by atoms with Crippen LogP contribution in [0.1, 0.15) is 31.5 Å². The highest BCUT2D eigenvalue weighted by atomic mass is 16.5. The van der Waals surface area contributed by atoms with Gasteiger partial charge in [-0.3, -0.25) is 0 Å². The fraction of sp³-hybridized carbons (Fsp3) is 0.818. The summed E-state index contributed by atoms with van der Waals surface area (Å²) in [5.41, 5.74) is 0. The number of hydrogen-bond donors (Lipinski definition) is 1. The van der Waals surface area contributed by atoms with Crippen LogP contribution in [0.5, 0.6) is 0 Å². The van der Waals surface area contributed by atoms with Crippen molar-refractivity contribution in [3.8, 4) is 0 Å². The Kier molecular flexibility index (Phi) is 3.90. The van der Waals surface area contributed by atoms with Gasteiger partial charge in [0.25, 0.3) is 0 Å². The number of rotatable bonds is 4. The summed E-state index contributed by atoms with van der Waals surface area (Å²) >= 11 is 0. The van der Waals surface area contributed by atoms with Crippen molar-refractivity contribution in [2.45, 2.75) is 44.4 Å². The SMILES string of the molecule is CNC1CCC(OCc2nncn2C)CC1. The lowest BCUT2D eigenvalue weighted by Gasteiger charge is -2.28. The molecule has 2 rings (SSSR count). The van der Waals surface area contributed by atoms with Crippen LogP contribution in [0.2, 0.25) is 0 Å². The monoisotopic (exact) mass is 224 g/mol. The average molecular weight is 224 g/mol. The van der Waals surface area contributed by atoms with Crippen molar-refractivity contribution in [2.24, 2.45) is 7.05 Å². The van der Waals surface area contributed by atoms with Crippen molar-refractivity contribution >= 4 is 0 Å². The quantitative estimate of drug-likeness (QED) is 0.824. The molecule has 5 nitrogen and oxygen atoms in total. The Balaban J connectivity index is 1.73. The standard InChI is InChI=1S/C11H20N4O/c1-12-9-3-5-10(6-4-9)16-7-11-14-13-8-15(11)2/h8-10,12H,3-7H2,1-2H3. The first-order valence-corrected chi connectivity index (χ1v) is 5.91. The van der Waals surface area contributed by atoms with E-state index in [0.29, 0.717) is 18.8 Å². The highest BCUT2D eigenvalue weighted by Gasteiger charge is 2.20. The molecule has 1 heterocycles. The Morgan fingerprint density at radius 1 is 1.44 bits per heavy atom. The summed E-state index contributed by atoms with van der Waals surface area (Å²) in [7, 11) is 3.97. The predicted molar refractivity (Wildman–Crippen MR) is 60.9 cm³/mol. The van der Waals surface area contributed by atoms with E-state index in [-0.39, 0.29) is 0 Å². The molecule has 1 aromatic heterocycles. The van der Waals surface area contributed by atoms with Crippen molar-refractivity contribution in [1.82, 2.24) is 20.1 Å². The van der Waals surface area contributed by atoms with Gasteiger partial charge in [-0.15, -0.1) is 10.2 Å². The minimum atomic E-state index is 0.390. The third-order valence-corrected chi connectivity index (χ3v) is 3.34. The Morgan fingerprint density at radius 3 is 2.75 bits per heavy atom. The first-order chi connectivity index (χ1) is 7.79. The van der Waals surface area contributed by atoms with Crippen LogP contribution in [-0.2, 0) is 18.4 Å². The molecule has 1 saturated carbocycles. The molecule has 0 amide bonds. The van der Waals surface area contributed by atoms with E-state index in [1.165, 1.54) is 12.8 Å². The van der Waals surface area contributed by atoms with Gasteiger partial charge in [-0.25, -0.2) is 0 Å². The molecule has 0 bridgehead atoms. The smallest absolute Gasteiger partial charge is 0.158 e. The molecule has 0 atom stereocenters. The highest BCUT2D eigenvalue weighted by Crippen LogP contribution is 2.21. The normalized spacial score (nSPS) is 25.9. The second-order valence-corrected chi connectivity index (χ2v) is 4.43. The maximum absolute atomic E-state index is 5.85. The van der Waals surface area contributed by atoms with Crippen LogP contribution >= 0.6 is 0 Å². The van der Waals surface area contributed by atoms with Crippen LogP contribution in [0.25, 0.3) is 0 Å². The molecule has 5 heteroatoms. The van der Waals surface area contributed by atoms with Crippen LogP contribution in [-0.4, -0.2) is 34.0 Å². The molecule has 16 heavy (non-hydrogen) atoms. The third-order valence-electron chi connectivity index (χ3n) is 3.34. The zero-order valence-corrected chi connectivity index (χ0v) is 10.0. The molecule has 0 unspecified atom stereocenters. The van der Waals surface area contributed by atoms with Gasteiger partial charge >= 0.3 is 0 Å². The number of nitrogens with one attached hydrogen (secondary N) is 1. The summed E-state index contributed by atoms with van der Waals surface area (Å²) in [5.74, 6) is 0.899. The number of nitrogens with zero attached hydrogens (tertiary/aromatic N) is 3. The summed E-state index contributed by atoms with van der Waals surface area (Å²) in [6, 6.07) is 0.676. The average Bonchev–Trinajstić information content (AvgIpc) is 2.73. The third kappa shape index (κ3) is 2.80. The number of ether oxygens (including phenoxy) is 1. The van der Waals surface area contributed by atoms with E-state index in [4.69, 9.17) is 4.74 Å². The van der Waals surface area contributed by atoms with Crippen molar-refractivity contribution < 1.29 is 4.74 Å². The van der Waals surface area contributed by atoms with Gasteiger partial charge in [-0.05, 0) is 32.7 Å². The Morgan fingerprint density at radius 2 is 2.19 bits per heavy atom. The van der Waals surface area contributed by atoms with Gasteiger partial charge in [0.2, 0.25) is 0 Å². The van der Waals surface area contributed by atoms with Crippen molar-refractivity contribution in [1.29, 1.82) is 0 Å². The molecule has 90 valence electrons. The fourth-order valence-electron chi connectivity index (χ4n) is 2.15. The van der Waals surface area contributed by atoms with Crippen molar-refractivity contribution in [2.75, 3.05) is 7.05 Å². The van der Waals surface area contributed by atoms with Crippen LogP contribution in [0.3, 0.4) is 0 Å². The number of aryl methyl sites for hydroxylation is 1. The van der Waals surface area contributed by atoms with Gasteiger partial charge in [0.1, 0.15) is 12.9 Å². The zero-order chi connectivity index (χ0) is 11.4. The maximum atomic E-state index is 5.85. The number of hydrogen-bond acceptors (Lipinski definition) is 4. The lowest BCUT2D eigenvalue weighted by molar-refractivity contribution is 0.00760. The molecule has 1 N–H and O–H groups in total. The summed E-state index contributed by atoms with van der Waals surface area (Å²) in [4.78, 5) is 0. The van der Waals surface area contributed by atoms with E-state index in [2.05, 4.69) is 15.5 Å². The summed E-state index contributed by atoms with van der Waals surface area (Å²) < 4.78 is 7.75. The summed E-state index contributed by atoms with van der Waals surface area (Å²) in [6.45, 7) is 0.575. The van der Waals surface area contributed by atoms with Crippen LogP contribution in [0.4, 0.5) is 0 Å². The van der Waals surface area contributed by atoms with Gasteiger partial charge in [0.15, 0.2) is 5.82 Å². The lowest BCUT2D eigenvalue weighted by Crippen LogP contribution is -2.33. The van der Waals surface area contributed by atoms with Crippen LogP contribution in [0.15, 0.2) is 6.33 Å². The molecular formula is C11H20N4O. The Bertz CT molecular complexity index is 318. The number of aromatic nitrogens is 3. The van der Waals surface area contributed by atoms with E-state index in [0.717, 1.165) is 18.7 Å². The highest BCUT2D eigenvalue weighted by molar-refractivity contribution is 4.82. The van der Waals surface area contributed by atoms with Crippen molar-refractivity contribution in [3.05, 3.63) is 12.2 Å².